The van der Waals surface area contributed by atoms with Crippen LogP contribution in [0.2, 0.25) is 5.02 Å². The summed E-state index contributed by atoms with van der Waals surface area (Å²) in [6.45, 7) is 1.76. The van der Waals surface area contributed by atoms with E-state index in [9.17, 15) is 4.79 Å². The Morgan fingerprint density at radius 2 is 2.12 bits per heavy atom. The van der Waals surface area contributed by atoms with E-state index >= 15 is 0 Å². The highest BCUT2D eigenvalue weighted by Gasteiger charge is 2.19. The van der Waals surface area contributed by atoms with Crippen molar-refractivity contribution in [2.24, 2.45) is 0 Å². The maximum Gasteiger partial charge on any atom is 0.279 e. The first kappa shape index (κ1) is 16.5. The molecule has 0 aliphatic heterocycles. The molecule has 0 aliphatic carbocycles. The molecule has 1 N–H and O–H groups in total. The molecule has 130 valence electrons. The van der Waals surface area contributed by atoms with Crippen LogP contribution in [-0.4, -0.2) is 25.9 Å². The number of hydrogen-bond donors (Lipinski definition) is 1. The Morgan fingerprint density at radius 1 is 1.27 bits per heavy atom. The predicted molar refractivity (Wildman–Crippen MR) is 98.9 cm³/mol. The maximum atomic E-state index is 12.5. The third kappa shape index (κ3) is 3.00. The molecule has 0 fully saturated rings. The van der Waals surface area contributed by atoms with E-state index in [1.807, 2.05) is 23.6 Å². The van der Waals surface area contributed by atoms with Gasteiger partial charge in [-0.3, -0.25) is 10.1 Å². The zero-order valence-electron chi connectivity index (χ0n) is 13.5. The van der Waals surface area contributed by atoms with Gasteiger partial charge in [-0.1, -0.05) is 28.9 Å². The fourth-order valence-electron chi connectivity index (χ4n) is 2.42. The molecule has 26 heavy (non-hydrogen) atoms. The fourth-order valence-corrected chi connectivity index (χ4v) is 3.33. The lowest BCUT2D eigenvalue weighted by molar-refractivity contribution is 0.102. The van der Waals surface area contributed by atoms with Crippen molar-refractivity contribution in [3.05, 3.63) is 64.5 Å². The molecule has 3 heterocycles. The van der Waals surface area contributed by atoms with Gasteiger partial charge in [0.15, 0.2) is 16.6 Å². The van der Waals surface area contributed by atoms with E-state index in [1.54, 1.807) is 31.4 Å². The molecular formula is C17H12ClN5O2S. The number of hydrogen-bond acceptors (Lipinski definition) is 6. The fraction of sp³-hybridized carbons (Fsp3) is 0.0588. The van der Waals surface area contributed by atoms with Crippen LogP contribution < -0.4 is 5.32 Å². The van der Waals surface area contributed by atoms with Gasteiger partial charge >= 0.3 is 0 Å². The maximum absolute atomic E-state index is 12.5. The molecule has 0 atom stereocenters. The number of nitrogens with zero attached hydrogens (tertiary/aromatic N) is 4. The highest BCUT2D eigenvalue weighted by Crippen LogP contribution is 2.26. The lowest BCUT2D eigenvalue weighted by Gasteiger charge is -2.05. The molecule has 4 rings (SSSR count). The summed E-state index contributed by atoms with van der Waals surface area (Å²) in [4.78, 5) is 16.9. The van der Waals surface area contributed by atoms with Gasteiger partial charge < -0.3 is 4.42 Å². The number of carbonyl (C=O) groups excluding carboxylic acids is 1. The number of nitrogens with one attached hydrogen (secondary N) is 1. The number of thiazole rings is 1. The summed E-state index contributed by atoms with van der Waals surface area (Å²) >= 11 is 7.50. The topological polar surface area (TPSA) is 85.8 Å². The molecule has 0 saturated heterocycles. The first-order valence-electron chi connectivity index (χ1n) is 7.61. The molecule has 7 nitrogen and oxygen atoms in total. The van der Waals surface area contributed by atoms with E-state index in [4.69, 9.17) is 16.0 Å². The van der Waals surface area contributed by atoms with Gasteiger partial charge in [0, 0.05) is 5.38 Å². The average Bonchev–Trinajstić information content (AvgIpc) is 3.36. The second kappa shape index (κ2) is 6.74. The lowest BCUT2D eigenvalue weighted by Crippen LogP contribution is -2.14. The predicted octanol–water partition coefficient (Wildman–Crippen LogP) is 4.20. The van der Waals surface area contributed by atoms with Crippen molar-refractivity contribution in [2.45, 2.75) is 6.92 Å². The van der Waals surface area contributed by atoms with Crippen LogP contribution in [0.3, 0.4) is 0 Å². The van der Waals surface area contributed by atoms with Crippen molar-refractivity contribution in [2.75, 3.05) is 5.32 Å². The lowest BCUT2D eigenvalue weighted by atomic mass is 10.3. The quantitative estimate of drug-likeness (QED) is 0.569. The molecule has 0 radical (unpaired) electrons. The van der Waals surface area contributed by atoms with E-state index < -0.39 is 0 Å². The summed E-state index contributed by atoms with van der Waals surface area (Å²) in [5.74, 6) is 0.253. The molecule has 3 aromatic heterocycles. The monoisotopic (exact) mass is 385 g/mol. The number of anilines is 1. The van der Waals surface area contributed by atoms with Crippen LogP contribution in [0.5, 0.6) is 0 Å². The molecule has 0 spiro atoms. The van der Waals surface area contributed by atoms with Gasteiger partial charge in [-0.05, 0) is 31.2 Å². The summed E-state index contributed by atoms with van der Waals surface area (Å²) in [5, 5.41) is 13.6. The third-order valence-electron chi connectivity index (χ3n) is 3.69. The van der Waals surface area contributed by atoms with E-state index in [1.165, 1.54) is 16.0 Å². The molecule has 0 unspecified atom stereocenters. The molecule has 4 aromatic rings. The van der Waals surface area contributed by atoms with E-state index in [0.29, 0.717) is 33.0 Å². The number of halogens is 1. The second-order valence-corrected chi connectivity index (χ2v) is 6.62. The Hall–Kier alpha value is -2.97. The highest BCUT2D eigenvalue weighted by molar-refractivity contribution is 7.14. The minimum absolute atomic E-state index is 0.208. The van der Waals surface area contributed by atoms with Gasteiger partial charge in [0.2, 0.25) is 0 Å². The van der Waals surface area contributed by atoms with Crippen molar-refractivity contribution in [1.29, 1.82) is 0 Å². The SMILES string of the molecule is Cc1c(C(=O)Nc2nc(-c3ccco3)cs2)nnn1-c1ccccc1Cl. The van der Waals surface area contributed by atoms with Crippen molar-refractivity contribution < 1.29 is 9.21 Å². The van der Waals surface area contributed by atoms with Crippen LogP contribution in [0.15, 0.2) is 52.5 Å². The van der Waals surface area contributed by atoms with Crippen LogP contribution in [0.4, 0.5) is 5.13 Å². The third-order valence-corrected chi connectivity index (χ3v) is 4.77. The summed E-state index contributed by atoms with van der Waals surface area (Å²) in [6.07, 6.45) is 1.57. The molecule has 0 saturated carbocycles. The number of furan rings is 1. The zero-order chi connectivity index (χ0) is 18.1. The van der Waals surface area contributed by atoms with Crippen LogP contribution in [0, 0.1) is 6.92 Å². The van der Waals surface area contributed by atoms with Crippen molar-refractivity contribution in [3.8, 4) is 17.1 Å². The van der Waals surface area contributed by atoms with Gasteiger partial charge in [-0.25, -0.2) is 9.67 Å². The Labute approximate surface area is 157 Å². The van der Waals surface area contributed by atoms with Crippen LogP contribution >= 0.6 is 22.9 Å². The average molecular weight is 386 g/mol. The van der Waals surface area contributed by atoms with Gasteiger partial charge in [0.1, 0.15) is 5.69 Å². The molecule has 9 heteroatoms. The number of benzene rings is 1. The van der Waals surface area contributed by atoms with Gasteiger partial charge in [-0.15, -0.1) is 16.4 Å². The zero-order valence-corrected chi connectivity index (χ0v) is 15.1. The molecule has 1 aromatic carbocycles. The first-order chi connectivity index (χ1) is 12.6. The van der Waals surface area contributed by atoms with E-state index in [2.05, 4.69) is 20.6 Å². The van der Waals surface area contributed by atoms with Crippen LogP contribution in [0.1, 0.15) is 16.2 Å². The van der Waals surface area contributed by atoms with Gasteiger partial charge in [-0.2, -0.15) is 0 Å². The Kier molecular flexibility index (Phi) is 4.27. The Balaban J connectivity index is 1.57. The number of para-hydroxylation sites is 1. The van der Waals surface area contributed by atoms with E-state index in [0.717, 1.165) is 0 Å². The van der Waals surface area contributed by atoms with Crippen molar-refractivity contribution >= 4 is 34.0 Å². The normalized spacial score (nSPS) is 10.8. The number of amides is 1. The summed E-state index contributed by atoms with van der Waals surface area (Å²) in [6, 6.07) is 10.8. The highest BCUT2D eigenvalue weighted by atomic mass is 35.5. The van der Waals surface area contributed by atoms with E-state index in [-0.39, 0.29) is 11.6 Å². The number of aromatic nitrogens is 4. The summed E-state index contributed by atoms with van der Waals surface area (Å²) in [7, 11) is 0. The Bertz CT molecular complexity index is 1070. The smallest absolute Gasteiger partial charge is 0.279 e. The standard InChI is InChI=1S/C17H12ClN5O2S/c1-10-15(21-22-23(10)13-6-3-2-5-11(13)18)16(24)20-17-19-12(9-26-17)14-7-4-8-25-14/h2-9H,1H3,(H,19,20,24). The minimum atomic E-state index is -0.388. The van der Waals surface area contributed by atoms with Crippen LogP contribution in [0.25, 0.3) is 17.1 Å². The molecule has 1 amide bonds. The summed E-state index contributed by atoms with van der Waals surface area (Å²) < 4.78 is 6.83. The van der Waals surface area contributed by atoms with Crippen LogP contribution in [-0.2, 0) is 0 Å². The molecular weight excluding hydrogens is 374 g/mol. The number of carbonyl (C=O) groups is 1. The molecule has 0 aliphatic rings. The molecule has 0 bridgehead atoms. The Morgan fingerprint density at radius 3 is 2.88 bits per heavy atom. The minimum Gasteiger partial charge on any atom is -0.463 e. The van der Waals surface area contributed by atoms with Crippen molar-refractivity contribution in [1.82, 2.24) is 20.0 Å². The summed E-state index contributed by atoms with van der Waals surface area (Å²) in [5.41, 5.74) is 2.11. The number of rotatable bonds is 4. The largest absolute Gasteiger partial charge is 0.463 e. The first-order valence-corrected chi connectivity index (χ1v) is 8.87. The van der Waals surface area contributed by atoms with Gasteiger partial charge in [0.05, 0.1) is 22.7 Å². The van der Waals surface area contributed by atoms with Gasteiger partial charge in [0.25, 0.3) is 5.91 Å². The van der Waals surface area contributed by atoms with Crippen molar-refractivity contribution in [3.63, 3.8) is 0 Å². The second-order valence-electron chi connectivity index (χ2n) is 5.36.